The number of carbonyl (C=O) groups excluding carboxylic acids is 1. The second kappa shape index (κ2) is 3.71. The van der Waals surface area contributed by atoms with Gasteiger partial charge in [0.05, 0.1) is 11.8 Å². The normalized spacial score (nSPS) is 10.4. The van der Waals surface area contributed by atoms with Crippen LogP contribution in [0.2, 0.25) is 0 Å². The van der Waals surface area contributed by atoms with Crippen LogP contribution in [0.15, 0.2) is 22.7 Å². The van der Waals surface area contributed by atoms with Crippen molar-refractivity contribution >= 4 is 43.6 Å². The molecule has 0 amide bonds. The van der Waals surface area contributed by atoms with Crippen LogP contribution in [-0.2, 0) is 0 Å². The third-order valence-corrected chi connectivity index (χ3v) is 3.94. The monoisotopic (exact) mass is 270 g/mol. The average molecular weight is 271 g/mol. The lowest BCUT2D eigenvalue weighted by atomic mass is 10.2. The molecule has 4 heteroatoms. The van der Waals surface area contributed by atoms with Gasteiger partial charge in [0.15, 0.2) is 5.06 Å². The summed E-state index contributed by atoms with van der Waals surface area (Å²) in [6, 6.07) is 5.59. The Kier molecular flexibility index (Phi) is 2.56. The van der Waals surface area contributed by atoms with Gasteiger partial charge in [-0.3, -0.25) is 4.79 Å². The van der Waals surface area contributed by atoms with Crippen LogP contribution in [-0.4, -0.2) is 13.4 Å². The maximum absolute atomic E-state index is 10.6. The lowest BCUT2D eigenvalue weighted by molar-refractivity contribution is 0.112. The van der Waals surface area contributed by atoms with Gasteiger partial charge in [0.25, 0.3) is 0 Å². The van der Waals surface area contributed by atoms with Gasteiger partial charge in [0, 0.05) is 10.0 Å². The molecule has 0 bridgehead atoms. The van der Waals surface area contributed by atoms with Crippen LogP contribution in [0.3, 0.4) is 0 Å². The van der Waals surface area contributed by atoms with Gasteiger partial charge in [-0.1, -0.05) is 11.3 Å². The van der Waals surface area contributed by atoms with Crippen molar-refractivity contribution in [2.24, 2.45) is 0 Å². The molecular formula is C10H7BrO2S. The molecule has 0 atom stereocenters. The number of carbonyl (C=O) groups is 1. The molecule has 2 nitrogen and oxygen atoms in total. The summed E-state index contributed by atoms with van der Waals surface area (Å²) in [4.78, 5) is 10.6. The first kappa shape index (κ1) is 9.68. The van der Waals surface area contributed by atoms with Crippen molar-refractivity contribution in [3.63, 3.8) is 0 Å². The van der Waals surface area contributed by atoms with E-state index in [9.17, 15) is 4.79 Å². The number of benzene rings is 1. The van der Waals surface area contributed by atoms with Gasteiger partial charge in [-0.15, -0.1) is 0 Å². The Labute approximate surface area is 93.6 Å². The van der Waals surface area contributed by atoms with E-state index in [1.165, 1.54) is 0 Å². The zero-order valence-electron chi connectivity index (χ0n) is 7.41. The molecule has 0 aliphatic rings. The van der Waals surface area contributed by atoms with E-state index in [0.29, 0.717) is 5.56 Å². The largest absolute Gasteiger partial charge is 0.487 e. The number of fused-ring (bicyclic) bond motifs is 1. The number of halogens is 1. The van der Waals surface area contributed by atoms with Crippen LogP contribution >= 0.6 is 27.3 Å². The Morgan fingerprint density at radius 2 is 2.21 bits per heavy atom. The maximum atomic E-state index is 10.6. The lowest BCUT2D eigenvalue weighted by Gasteiger charge is -1.94. The summed E-state index contributed by atoms with van der Waals surface area (Å²) in [5, 5.41) is 1.88. The van der Waals surface area contributed by atoms with Crippen LogP contribution in [0.25, 0.3) is 10.1 Å². The van der Waals surface area contributed by atoms with Crippen molar-refractivity contribution in [2.45, 2.75) is 0 Å². The number of methoxy groups -OCH3 is 1. The van der Waals surface area contributed by atoms with Gasteiger partial charge in [-0.2, -0.15) is 0 Å². The van der Waals surface area contributed by atoms with Crippen molar-refractivity contribution in [3.05, 3.63) is 28.2 Å². The highest BCUT2D eigenvalue weighted by molar-refractivity contribution is 9.10. The minimum absolute atomic E-state index is 0.671. The molecule has 0 aliphatic heterocycles. The molecule has 2 rings (SSSR count). The quantitative estimate of drug-likeness (QED) is 0.781. The van der Waals surface area contributed by atoms with E-state index in [1.54, 1.807) is 18.4 Å². The number of hydrogen-bond acceptors (Lipinski definition) is 3. The number of rotatable bonds is 2. The van der Waals surface area contributed by atoms with Crippen molar-refractivity contribution < 1.29 is 9.53 Å². The zero-order valence-corrected chi connectivity index (χ0v) is 9.81. The van der Waals surface area contributed by atoms with Crippen molar-refractivity contribution in [2.75, 3.05) is 7.11 Å². The van der Waals surface area contributed by atoms with E-state index in [1.807, 2.05) is 18.2 Å². The van der Waals surface area contributed by atoms with E-state index >= 15 is 0 Å². The maximum Gasteiger partial charge on any atom is 0.174 e. The molecule has 14 heavy (non-hydrogen) atoms. The fourth-order valence-corrected chi connectivity index (χ4v) is 2.88. The van der Waals surface area contributed by atoms with E-state index in [-0.39, 0.29) is 0 Å². The number of thiophene rings is 1. The molecule has 0 saturated carbocycles. The minimum Gasteiger partial charge on any atom is -0.487 e. The van der Waals surface area contributed by atoms with Gasteiger partial charge in [-0.25, -0.2) is 0 Å². The molecule has 0 fully saturated rings. The molecular weight excluding hydrogens is 264 g/mol. The Bertz CT molecular complexity index is 490. The predicted molar refractivity (Wildman–Crippen MR) is 61.5 cm³/mol. The Balaban J connectivity index is 2.73. The Morgan fingerprint density at radius 3 is 2.86 bits per heavy atom. The van der Waals surface area contributed by atoms with Gasteiger partial charge in [-0.05, 0) is 39.5 Å². The molecule has 0 spiro atoms. The van der Waals surface area contributed by atoms with Crippen molar-refractivity contribution in [1.82, 2.24) is 0 Å². The van der Waals surface area contributed by atoms with E-state index in [4.69, 9.17) is 4.74 Å². The third-order valence-electron chi connectivity index (χ3n) is 1.91. The van der Waals surface area contributed by atoms with Gasteiger partial charge in [0.1, 0.15) is 6.29 Å². The second-order valence-electron chi connectivity index (χ2n) is 2.81. The number of hydrogen-bond donors (Lipinski definition) is 0. The first-order valence-corrected chi connectivity index (χ1v) is 5.58. The SMILES string of the molecule is COc1cc2cc(C=O)cc(Br)c2s1. The molecule has 0 N–H and O–H groups in total. The first-order valence-electron chi connectivity index (χ1n) is 3.97. The van der Waals surface area contributed by atoms with Crippen LogP contribution in [0.1, 0.15) is 10.4 Å². The second-order valence-corrected chi connectivity index (χ2v) is 4.68. The van der Waals surface area contributed by atoms with E-state index < -0.39 is 0 Å². The number of ether oxygens (including phenoxy) is 1. The van der Waals surface area contributed by atoms with Crippen molar-refractivity contribution in [3.8, 4) is 5.06 Å². The highest BCUT2D eigenvalue weighted by Gasteiger charge is 2.06. The first-order chi connectivity index (χ1) is 6.74. The zero-order chi connectivity index (χ0) is 10.1. The predicted octanol–water partition coefficient (Wildman–Crippen LogP) is 3.48. The fourth-order valence-electron chi connectivity index (χ4n) is 1.28. The van der Waals surface area contributed by atoms with Crippen LogP contribution < -0.4 is 4.74 Å². The summed E-state index contributed by atoms with van der Waals surface area (Å²) in [6.07, 6.45) is 0.842. The summed E-state index contributed by atoms with van der Waals surface area (Å²) < 4.78 is 7.18. The van der Waals surface area contributed by atoms with Crippen molar-refractivity contribution in [1.29, 1.82) is 0 Å². The van der Waals surface area contributed by atoms with Gasteiger partial charge < -0.3 is 4.74 Å². The van der Waals surface area contributed by atoms with E-state index in [0.717, 1.165) is 25.9 Å². The number of aldehydes is 1. The molecule has 0 unspecified atom stereocenters. The van der Waals surface area contributed by atoms with Gasteiger partial charge in [0.2, 0.25) is 0 Å². The Hall–Kier alpha value is -0.870. The molecule has 1 aromatic heterocycles. The highest BCUT2D eigenvalue weighted by atomic mass is 79.9. The molecule has 0 aliphatic carbocycles. The van der Waals surface area contributed by atoms with Crippen LogP contribution in [0.4, 0.5) is 0 Å². The van der Waals surface area contributed by atoms with E-state index in [2.05, 4.69) is 15.9 Å². The molecule has 0 radical (unpaired) electrons. The molecule has 1 aromatic carbocycles. The average Bonchev–Trinajstić information content (AvgIpc) is 2.61. The minimum atomic E-state index is 0.671. The van der Waals surface area contributed by atoms with Crippen LogP contribution in [0.5, 0.6) is 5.06 Å². The summed E-state index contributed by atoms with van der Waals surface area (Å²) >= 11 is 4.99. The molecule has 2 aromatic rings. The molecule has 72 valence electrons. The molecule has 1 heterocycles. The smallest absolute Gasteiger partial charge is 0.174 e. The van der Waals surface area contributed by atoms with Crippen LogP contribution in [0, 0.1) is 0 Å². The summed E-state index contributed by atoms with van der Waals surface area (Å²) in [5.74, 6) is 0. The lowest BCUT2D eigenvalue weighted by Crippen LogP contribution is -1.78. The summed E-state index contributed by atoms with van der Waals surface area (Å²) in [5.41, 5.74) is 0.671. The third kappa shape index (κ3) is 1.55. The standard InChI is InChI=1S/C10H7BrO2S/c1-13-9-4-7-2-6(5-12)3-8(11)10(7)14-9/h2-5H,1H3. The summed E-state index contributed by atoms with van der Waals surface area (Å²) in [7, 11) is 1.64. The topological polar surface area (TPSA) is 26.3 Å². The Morgan fingerprint density at radius 1 is 1.43 bits per heavy atom. The summed E-state index contributed by atoms with van der Waals surface area (Å²) in [6.45, 7) is 0. The fraction of sp³-hybridized carbons (Fsp3) is 0.100. The molecule has 0 saturated heterocycles. The highest BCUT2D eigenvalue weighted by Crippen LogP contribution is 2.36. The van der Waals surface area contributed by atoms with Gasteiger partial charge >= 0.3 is 0 Å².